The van der Waals surface area contributed by atoms with E-state index < -0.39 is 0 Å². The summed E-state index contributed by atoms with van der Waals surface area (Å²) in [6.07, 6.45) is 1.76. The molecular weight excluding hydrogens is 328 g/mol. The van der Waals surface area contributed by atoms with Crippen LogP contribution >= 0.6 is 0 Å². The Morgan fingerprint density at radius 2 is 1.96 bits per heavy atom. The number of benzene rings is 2. The van der Waals surface area contributed by atoms with Gasteiger partial charge in [0.15, 0.2) is 11.5 Å². The summed E-state index contributed by atoms with van der Waals surface area (Å²) >= 11 is 0. The Hall–Kier alpha value is -3.28. The van der Waals surface area contributed by atoms with Gasteiger partial charge in [-0.3, -0.25) is 0 Å². The average molecular weight is 348 g/mol. The van der Waals surface area contributed by atoms with E-state index in [4.69, 9.17) is 9.47 Å². The molecule has 0 bridgehead atoms. The molecule has 0 saturated heterocycles. The van der Waals surface area contributed by atoms with Crippen LogP contribution in [0.5, 0.6) is 11.5 Å². The Labute approximate surface area is 152 Å². The van der Waals surface area contributed by atoms with Gasteiger partial charge < -0.3 is 19.7 Å². The highest BCUT2D eigenvalue weighted by Crippen LogP contribution is 2.35. The van der Waals surface area contributed by atoms with Gasteiger partial charge in [-0.15, -0.1) is 0 Å². The van der Waals surface area contributed by atoms with E-state index in [0.29, 0.717) is 5.95 Å². The maximum absolute atomic E-state index is 5.41. The Morgan fingerprint density at radius 1 is 1.08 bits per heavy atom. The third-order valence-electron chi connectivity index (χ3n) is 4.18. The second-order valence-electron chi connectivity index (χ2n) is 6.01. The van der Waals surface area contributed by atoms with Crippen molar-refractivity contribution in [1.29, 1.82) is 0 Å². The summed E-state index contributed by atoms with van der Waals surface area (Å²) in [5, 5.41) is 3.23. The number of aromatic nitrogens is 2. The molecular formula is C20H20N4O2. The van der Waals surface area contributed by atoms with Crippen LogP contribution in [0.1, 0.15) is 12.5 Å². The molecule has 4 rings (SSSR count). The quantitative estimate of drug-likeness (QED) is 0.737. The zero-order valence-electron chi connectivity index (χ0n) is 14.8. The lowest BCUT2D eigenvalue weighted by Crippen LogP contribution is -2.18. The number of fused-ring (bicyclic) bond motifs is 1. The van der Waals surface area contributed by atoms with Crippen LogP contribution in [0.4, 0.5) is 23.1 Å². The fourth-order valence-electron chi connectivity index (χ4n) is 2.94. The van der Waals surface area contributed by atoms with E-state index in [1.807, 2.05) is 24.3 Å². The molecule has 0 unspecified atom stereocenters. The Kier molecular flexibility index (Phi) is 4.31. The van der Waals surface area contributed by atoms with Crippen molar-refractivity contribution in [3.05, 3.63) is 60.3 Å². The first kappa shape index (κ1) is 16.2. The minimum absolute atomic E-state index is 0.257. The van der Waals surface area contributed by atoms with E-state index in [-0.39, 0.29) is 6.79 Å². The molecule has 1 aliphatic heterocycles. The highest BCUT2D eigenvalue weighted by molar-refractivity contribution is 5.64. The highest BCUT2D eigenvalue weighted by Gasteiger charge is 2.14. The molecule has 6 heteroatoms. The molecule has 0 fully saturated rings. The van der Waals surface area contributed by atoms with Crippen molar-refractivity contribution < 1.29 is 9.47 Å². The zero-order valence-corrected chi connectivity index (χ0v) is 14.8. The molecule has 0 radical (unpaired) electrons. The molecule has 2 heterocycles. The molecule has 0 spiro atoms. The largest absolute Gasteiger partial charge is 0.454 e. The summed E-state index contributed by atoms with van der Waals surface area (Å²) < 4.78 is 10.8. The number of hydrogen-bond acceptors (Lipinski definition) is 6. The van der Waals surface area contributed by atoms with Crippen LogP contribution in [0.15, 0.2) is 54.7 Å². The summed E-state index contributed by atoms with van der Waals surface area (Å²) in [6, 6.07) is 16.0. The van der Waals surface area contributed by atoms with E-state index in [1.165, 1.54) is 5.56 Å². The summed E-state index contributed by atoms with van der Waals surface area (Å²) in [5.41, 5.74) is 3.18. The number of aryl methyl sites for hydroxylation is 1. The maximum Gasteiger partial charge on any atom is 0.231 e. The number of rotatable bonds is 5. The fraction of sp³-hybridized carbons (Fsp3) is 0.200. The molecule has 3 aromatic rings. The Balaban J connectivity index is 1.59. The SMILES string of the molecule is CCN(c1cccc(C)c1)c1ccnc(Nc2ccc3c(c2)OCO3)n1. The minimum atomic E-state index is 0.257. The van der Waals surface area contributed by atoms with Gasteiger partial charge in [0.05, 0.1) is 0 Å². The third kappa shape index (κ3) is 3.26. The Bertz CT molecular complexity index is 929. The predicted octanol–water partition coefficient (Wildman–Crippen LogP) is 4.42. The van der Waals surface area contributed by atoms with Crippen molar-refractivity contribution in [1.82, 2.24) is 9.97 Å². The second kappa shape index (κ2) is 6.92. The molecule has 0 saturated carbocycles. The maximum atomic E-state index is 5.41. The fourth-order valence-corrected chi connectivity index (χ4v) is 2.94. The standard InChI is InChI=1S/C20H20N4O2/c1-3-24(16-6-4-5-14(2)11-16)19-9-10-21-20(23-19)22-15-7-8-17-18(12-15)26-13-25-17/h4-12H,3,13H2,1-2H3,(H,21,22,23). The van der Waals surface area contributed by atoms with Crippen LogP contribution in [-0.2, 0) is 0 Å². The van der Waals surface area contributed by atoms with Gasteiger partial charge in [-0.2, -0.15) is 4.98 Å². The lowest BCUT2D eigenvalue weighted by Gasteiger charge is -2.22. The number of hydrogen-bond donors (Lipinski definition) is 1. The van der Waals surface area contributed by atoms with Gasteiger partial charge in [0, 0.05) is 30.2 Å². The molecule has 132 valence electrons. The van der Waals surface area contributed by atoms with Crippen LogP contribution in [0.3, 0.4) is 0 Å². The van der Waals surface area contributed by atoms with E-state index in [2.05, 4.69) is 58.3 Å². The number of nitrogens with zero attached hydrogens (tertiary/aromatic N) is 3. The molecule has 1 N–H and O–H groups in total. The monoisotopic (exact) mass is 348 g/mol. The molecule has 0 atom stereocenters. The first-order valence-corrected chi connectivity index (χ1v) is 8.57. The van der Waals surface area contributed by atoms with Crippen molar-refractivity contribution in [3.8, 4) is 11.5 Å². The van der Waals surface area contributed by atoms with Crippen LogP contribution < -0.4 is 19.7 Å². The van der Waals surface area contributed by atoms with Crippen molar-refractivity contribution in [2.75, 3.05) is 23.6 Å². The number of ether oxygens (including phenoxy) is 2. The van der Waals surface area contributed by atoms with Gasteiger partial charge in [0.2, 0.25) is 12.7 Å². The van der Waals surface area contributed by atoms with Crippen molar-refractivity contribution in [3.63, 3.8) is 0 Å². The van der Waals surface area contributed by atoms with Crippen LogP contribution in [-0.4, -0.2) is 23.3 Å². The summed E-state index contributed by atoms with van der Waals surface area (Å²) in [6.45, 7) is 5.26. The zero-order chi connectivity index (χ0) is 17.9. The van der Waals surface area contributed by atoms with Gasteiger partial charge in [0.1, 0.15) is 5.82 Å². The van der Waals surface area contributed by atoms with E-state index in [1.54, 1.807) is 6.20 Å². The molecule has 26 heavy (non-hydrogen) atoms. The topological polar surface area (TPSA) is 59.5 Å². The highest BCUT2D eigenvalue weighted by atomic mass is 16.7. The summed E-state index contributed by atoms with van der Waals surface area (Å²) in [7, 11) is 0. The molecule has 1 aromatic heterocycles. The normalized spacial score (nSPS) is 12.1. The lowest BCUT2D eigenvalue weighted by atomic mass is 10.2. The first-order chi connectivity index (χ1) is 12.7. The Morgan fingerprint density at radius 3 is 2.81 bits per heavy atom. The van der Waals surface area contributed by atoms with E-state index in [0.717, 1.165) is 35.2 Å². The minimum Gasteiger partial charge on any atom is -0.454 e. The average Bonchev–Trinajstić information content (AvgIpc) is 3.11. The molecule has 0 amide bonds. The third-order valence-corrected chi connectivity index (χ3v) is 4.18. The van der Waals surface area contributed by atoms with Crippen molar-refractivity contribution in [2.45, 2.75) is 13.8 Å². The van der Waals surface area contributed by atoms with E-state index >= 15 is 0 Å². The second-order valence-corrected chi connectivity index (χ2v) is 6.01. The lowest BCUT2D eigenvalue weighted by molar-refractivity contribution is 0.174. The summed E-state index contributed by atoms with van der Waals surface area (Å²) in [4.78, 5) is 11.2. The molecule has 0 aliphatic carbocycles. The molecule has 6 nitrogen and oxygen atoms in total. The van der Waals surface area contributed by atoms with Gasteiger partial charge >= 0.3 is 0 Å². The number of nitrogens with one attached hydrogen (secondary N) is 1. The molecule has 2 aromatic carbocycles. The van der Waals surface area contributed by atoms with Gasteiger partial charge in [0.25, 0.3) is 0 Å². The predicted molar refractivity (Wildman–Crippen MR) is 102 cm³/mol. The van der Waals surface area contributed by atoms with Gasteiger partial charge in [-0.25, -0.2) is 4.98 Å². The van der Waals surface area contributed by atoms with E-state index in [9.17, 15) is 0 Å². The van der Waals surface area contributed by atoms with Crippen molar-refractivity contribution in [2.24, 2.45) is 0 Å². The first-order valence-electron chi connectivity index (χ1n) is 8.57. The smallest absolute Gasteiger partial charge is 0.231 e. The van der Waals surface area contributed by atoms with Crippen LogP contribution in [0.2, 0.25) is 0 Å². The van der Waals surface area contributed by atoms with Gasteiger partial charge in [-0.05, 0) is 49.7 Å². The number of anilines is 4. The molecule has 1 aliphatic rings. The van der Waals surface area contributed by atoms with Crippen molar-refractivity contribution >= 4 is 23.1 Å². The van der Waals surface area contributed by atoms with Crippen LogP contribution in [0.25, 0.3) is 0 Å². The summed E-state index contributed by atoms with van der Waals surface area (Å²) in [5.74, 6) is 2.85. The van der Waals surface area contributed by atoms with Gasteiger partial charge in [-0.1, -0.05) is 12.1 Å². The van der Waals surface area contributed by atoms with Crippen LogP contribution in [0, 0.1) is 6.92 Å².